The molecule has 1 aliphatic heterocycles. The topological polar surface area (TPSA) is 44.5 Å². The number of benzene rings is 1. The Labute approximate surface area is 127 Å². The van der Waals surface area contributed by atoms with Gasteiger partial charge in [-0.05, 0) is 67.2 Å². The average molecular weight is 289 g/mol. The number of nitrogens with two attached hydrogens (primary N) is 1. The highest BCUT2D eigenvalue weighted by Gasteiger charge is 2.32. The van der Waals surface area contributed by atoms with Crippen molar-refractivity contribution < 1.29 is 9.47 Å². The van der Waals surface area contributed by atoms with E-state index >= 15 is 0 Å². The Balaban J connectivity index is 1.85. The Morgan fingerprint density at radius 1 is 1.14 bits per heavy atom. The Hall–Kier alpha value is -1.22. The molecule has 3 heteroatoms. The van der Waals surface area contributed by atoms with Crippen molar-refractivity contribution in [3.8, 4) is 11.5 Å². The van der Waals surface area contributed by atoms with Gasteiger partial charge in [-0.3, -0.25) is 0 Å². The zero-order valence-electron chi connectivity index (χ0n) is 13.2. The van der Waals surface area contributed by atoms with E-state index in [1.54, 1.807) is 0 Å². The van der Waals surface area contributed by atoms with Crippen molar-refractivity contribution in [1.29, 1.82) is 0 Å². The lowest BCUT2D eigenvalue weighted by molar-refractivity contribution is 0.169. The Morgan fingerprint density at radius 3 is 2.62 bits per heavy atom. The van der Waals surface area contributed by atoms with Crippen LogP contribution < -0.4 is 15.2 Å². The lowest BCUT2D eigenvalue weighted by Crippen LogP contribution is -2.30. The van der Waals surface area contributed by atoms with Crippen LogP contribution in [0.1, 0.15) is 44.6 Å². The van der Waals surface area contributed by atoms with E-state index in [0.29, 0.717) is 25.0 Å². The second-order valence-electron chi connectivity index (χ2n) is 6.82. The predicted molar refractivity (Wildman–Crippen MR) is 84.9 cm³/mol. The standard InChI is InChI=1S/C18H27NO2/c1-12(2)13-3-4-15(11-19)16(9-13)14-5-6-17-18(10-14)21-8-7-20-17/h5-6,10,12-13,15-16H,3-4,7-9,11,19H2,1-2H3. The quantitative estimate of drug-likeness (QED) is 0.925. The Kier molecular flexibility index (Phi) is 4.39. The van der Waals surface area contributed by atoms with Crippen LogP contribution in [0.4, 0.5) is 0 Å². The molecule has 1 aromatic rings. The van der Waals surface area contributed by atoms with Crippen molar-refractivity contribution in [2.75, 3.05) is 19.8 Å². The molecule has 0 bridgehead atoms. The van der Waals surface area contributed by atoms with Crippen molar-refractivity contribution in [2.24, 2.45) is 23.5 Å². The summed E-state index contributed by atoms with van der Waals surface area (Å²) in [6.45, 7) is 6.76. The molecule has 1 saturated carbocycles. The van der Waals surface area contributed by atoms with Crippen LogP contribution >= 0.6 is 0 Å². The third-order valence-corrected chi connectivity index (χ3v) is 5.27. The van der Waals surface area contributed by atoms with Crippen molar-refractivity contribution in [3.63, 3.8) is 0 Å². The maximum absolute atomic E-state index is 6.03. The molecule has 3 rings (SSSR count). The second kappa shape index (κ2) is 6.27. The van der Waals surface area contributed by atoms with Crippen molar-refractivity contribution in [1.82, 2.24) is 0 Å². The van der Waals surface area contributed by atoms with Crippen molar-refractivity contribution in [2.45, 2.75) is 39.0 Å². The summed E-state index contributed by atoms with van der Waals surface area (Å²) in [4.78, 5) is 0. The highest BCUT2D eigenvalue weighted by Crippen LogP contribution is 2.44. The molecule has 1 heterocycles. The van der Waals surface area contributed by atoms with Gasteiger partial charge in [0.05, 0.1) is 0 Å². The molecule has 2 aliphatic rings. The first-order valence-electron chi connectivity index (χ1n) is 8.28. The van der Waals surface area contributed by atoms with Gasteiger partial charge in [0.2, 0.25) is 0 Å². The molecule has 2 N–H and O–H groups in total. The van der Waals surface area contributed by atoms with Gasteiger partial charge in [-0.25, -0.2) is 0 Å². The Bertz CT molecular complexity index is 486. The Morgan fingerprint density at radius 2 is 1.90 bits per heavy atom. The summed E-state index contributed by atoms with van der Waals surface area (Å²) >= 11 is 0. The number of ether oxygens (including phenoxy) is 2. The van der Waals surface area contributed by atoms with Crippen LogP contribution in [0.3, 0.4) is 0 Å². The molecular weight excluding hydrogens is 262 g/mol. The highest BCUT2D eigenvalue weighted by atomic mass is 16.6. The van der Waals surface area contributed by atoms with Crippen LogP contribution in [0, 0.1) is 17.8 Å². The molecule has 1 aliphatic carbocycles. The fraction of sp³-hybridized carbons (Fsp3) is 0.667. The van der Waals surface area contributed by atoms with E-state index in [9.17, 15) is 0 Å². The first kappa shape index (κ1) is 14.7. The summed E-state index contributed by atoms with van der Waals surface area (Å²) in [5, 5.41) is 0. The van der Waals surface area contributed by atoms with Gasteiger partial charge in [-0.2, -0.15) is 0 Å². The van der Waals surface area contributed by atoms with Gasteiger partial charge in [-0.1, -0.05) is 19.9 Å². The van der Waals surface area contributed by atoms with Crippen molar-refractivity contribution >= 4 is 0 Å². The zero-order valence-corrected chi connectivity index (χ0v) is 13.2. The average Bonchev–Trinajstić information content (AvgIpc) is 2.53. The molecule has 0 spiro atoms. The number of fused-ring (bicyclic) bond motifs is 1. The van der Waals surface area contributed by atoms with Gasteiger partial charge in [0.25, 0.3) is 0 Å². The van der Waals surface area contributed by atoms with E-state index in [2.05, 4.69) is 32.0 Å². The van der Waals surface area contributed by atoms with Gasteiger partial charge in [0, 0.05) is 0 Å². The normalized spacial score (nSPS) is 28.7. The monoisotopic (exact) mass is 289 g/mol. The summed E-state index contributed by atoms with van der Waals surface area (Å²) in [5.41, 5.74) is 7.41. The van der Waals surface area contributed by atoms with Crippen molar-refractivity contribution in [3.05, 3.63) is 23.8 Å². The minimum Gasteiger partial charge on any atom is -0.486 e. The highest BCUT2D eigenvalue weighted by molar-refractivity contribution is 5.45. The molecule has 21 heavy (non-hydrogen) atoms. The molecule has 3 nitrogen and oxygen atoms in total. The molecule has 1 fully saturated rings. The lowest BCUT2D eigenvalue weighted by Gasteiger charge is -2.38. The van der Waals surface area contributed by atoms with Gasteiger partial charge >= 0.3 is 0 Å². The van der Waals surface area contributed by atoms with E-state index in [-0.39, 0.29) is 0 Å². The fourth-order valence-corrected chi connectivity index (χ4v) is 3.85. The first-order valence-corrected chi connectivity index (χ1v) is 8.28. The third-order valence-electron chi connectivity index (χ3n) is 5.27. The van der Waals surface area contributed by atoms with Crippen LogP contribution in [-0.4, -0.2) is 19.8 Å². The molecule has 3 unspecified atom stereocenters. The maximum atomic E-state index is 6.03. The molecule has 0 saturated heterocycles. The van der Waals surface area contributed by atoms with E-state index < -0.39 is 0 Å². The summed E-state index contributed by atoms with van der Waals surface area (Å²) < 4.78 is 11.4. The van der Waals surface area contributed by atoms with Crippen LogP contribution in [0.25, 0.3) is 0 Å². The van der Waals surface area contributed by atoms with Crippen LogP contribution in [0.5, 0.6) is 11.5 Å². The summed E-state index contributed by atoms with van der Waals surface area (Å²) in [5.74, 6) is 4.51. The molecule has 0 amide bonds. The van der Waals surface area contributed by atoms with Gasteiger partial charge in [0.1, 0.15) is 13.2 Å². The smallest absolute Gasteiger partial charge is 0.161 e. The number of rotatable bonds is 3. The third kappa shape index (κ3) is 3.03. The second-order valence-corrected chi connectivity index (χ2v) is 6.82. The fourth-order valence-electron chi connectivity index (χ4n) is 3.85. The van der Waals surface area contributed by atoms with Gasteiger partial charge in [-0.15, -0.1) is 0 Å². The molecule has 3 atom stereocenters. The first-order chi connectivity index (χ1) is 10.2. The minimum absolute atomic E-state index is 0.562. The van der Waals surface area contributed by atoms with E-state index in [0.717, 1.165) is 29.9 Å². The summed E-state index contributed by atoms with van der Waals surface area (Å²) in [7, 11) is 0. The summed E-state index contributed by atoms with van der Waals surface area (Å²) in [6.07, 6.45) is 3.82. The minimum atomic E-state index is 0.562. The van der Waals surface area contributed by atoms with Crippen LogP contribution in [0.2, 0.25) is 0 Å². The SMILES string of the molecule is CC(C)C1CCC(CN)C(c2ccc3c(c2)OCCO3)C1. The van der Waals surface area contributed by atoms with Gasteiger partial charge in [0.15, 0.2) is 11.5 Å². The lowest BCUT2D eigenvalue weighted by atomic mass is 9.68. The van der Waals surface area contributed by atoms with Gasteiger partial charge < -0.3 is 15.2 Å². The molecule has 0 aromatic heterocycles. The maximum Gasteiger partial charge on any atom is 0.161 e. The van der Waals surface area contributed by atoms with Crippen LogP contribution in [-0.2, 0) is 0 Å². The molecule has 0 radical (unpaired) electrons. The summed E-state index contributed by atoms with van der Waals surface area (Å²) in [6, 6.07) is 6.46. The molecule has 1 aromatic carbocycles. The van der Waals surface area contributed by atoms with E-state index in [1.807, 2.05) is 0 Å². The number of hydrogen-bond acceptors (Lipinski definition) is 3. The molecule has 116 valence electrons. The van der Waals surface area contributed by atoms with E-state index in [1.165, 1.54) is 24.8 Å². The zero-order chi connectivity index (χ0) is 14.8. The largest absolute Gasteiger partial charge is 0.486 e. The van der Waals surface area contributed by atoms with E-state index in [4.69, 9.17) is 15.2 Å². The predicted octanol–water partition coefficient (Wildman–Crippen LogP) is 3.57. The molecular formula is C18H27NO2. The number of hydrogen-bond donors (Lipinski definition) is 1. The van der Waals surface area contributed by atoms with Crippen LogP contribution in [0.15, 0.2) is 18.2 Å².